The lowest BCUT2D eigenvalue weighted by Crippen LogP contribution is -2.56. The number of carboxylic acid groups (broad SMARTS) is 1. The average Bonchev–Trinajstić information content (AvgIpc) is 2.38. The van der Waals surface area contributed by atoms with Crippen LogP contribution in [0.5, 0.6) is 0 Å². The summed E-state index contributed by atoms with van der Waals surface area (Å²) in [6, 6.07) is -0.351. The fourth-order valence-corrected chi connectivity index (χ4v) is 2.87. The van der Waals surface area contributed by atoms with Crippen molar-refractivity contribution in [3.05, 3.63) is 0 Å². The Labute approximate surface area is 120 Å². The molecule has 5 nitrogen and oxygen atoms in total. The average molecular weight is 280 g/mol. The van der Waals surface area contributed by atoms with Crippen molar-refractivity contribution in [2.75, 3.05) is 7.05 Å². The number of terminal acetylenes is 1. The van der Waals surface area contributed by atoms with E-state index in [0.29, 0.717) is 6.42 Å². The molecule has 20 heavy (non-hydrogen) atoms. The van der Waals surface area contributed by atoms with Crippen LogP contribution in [0.1, 0.15) is 51.9 Å². The zero-order chi connectivity index (χ0) is 15.2. The smallest absolute Gasteiger partial charge is 0.317 e. The molecule has 0 aromatic rings. The first kappa shape index (κ1) is 16.4. The zero-order valence-corrected chi connectivity index (χ0v) is 12.3. The van der Waals surface area contributed by atoms with Gasteiger partial charge < -0.3 is 15.3 Å². The third-order valence-corrected chi connectivity index (χ3v) is 4.07. The normalized spacial score (nSPS) is 18.6. The van der Waals surface area contributed by atoms with Crippen LogP contribution in [-0.4, -0.2) is 40.6 Å². The largest absolute Gasteiger partial charge is 0.481 e. The Morgan fingerprint density at radius 3 is 2.50 bits per heavy atom. The summed E-state index contributed by atoms with van der Waals surface area (Å²) in [5.74, 6) is 1.65. The van der Waals surface area contributed by atoms with Gasteiger partial charge in [-0.25, -0.2) is 4.79 Å². The van der Waals surface area contributed by atoms with Crippen molar-refractivity contribution in [3.8, 4) is 12.3 Å². The molecule has 1 saturated carbocycles. The van der Waals surface area contributed by atoms with E-state index in [1.54, 1.807) is 11.9 Å². The second-order valence-corrected chi connectivity index (χ2v) is 5.67. The molecule has 5 heteroatoms. The molecule has 1 atom stereocenters. The molecule has 0 saturated heterocycles. The van der Waals surface area contributed by atoms with Crippen LogP contribution in [0.2, 0.25) is 0 Å². The number of urea groups is 1. The van der Waals surface area contributed by atoms with E-state index >= 15 is 0 Å². The first-order chi connectivity index (χ1) is 9.41. The highest BCUT2D eigenvalue weighted by atomic mass is 16.4. The summed E-state index contributed by atoms with van der Waals surface area (Å²) >= 11 is 0. The van der Waals surface area contributed by atoms with Gasteiger partial charge in [-0.3, -0.25) is 4.79 Å². The maximum absolute atomic E-state index is 12.3. The van der Waals surface area contributed by atoms with Gasteiger partial charge in [0.05, 0.1) is 12.0 Å². The van der Waals surface area contributed by atoms with Crippen molar-refractivity contribution in [2.45, 2.75) is 63.5 Å². The summed E-state index contributed by atoms with van der Waals surface area (Å²) in [6.07, 6.45) is 10.2. The molecule has 2 amide bonds. The number of rotatable bonds is 5. The minimum absolute atomic E-state index is 0.000436. The van der Waals surface area contributed by atoms with Gasteiger partial charge in [-0.15, -0.1) is 12.3 Å². The summed E-state index contributed by atoms with van der Waals surface area (Å²) in [6.45, 7) is 1.84. The van der Waals surface area contributed by atoms with Gasteiger partial charge in [0, 0.05) is 19.5 Å². The molecule has 1 fully saturated rings. The Bertz CT molecular complexity index is 394. The van der Waals surface area contributed by atoms with Crippen LogP contribution < -0.4 is 5.32 Å². The van der Waals surface area contributed by atoms with Crippen molar-refractivity contribution in [3.63, 3.8) is 0 Å². The van der Waals surface area contributed by atoms with Crippen molar-refractivity contribution in [1.82, 2.24) is 10.2 Å². The molecular weight excluding hydrogens is 256 g/mol. The predicted molar refractivity (Wildman–Crippen MR) is 77.3 cm³/mol. The zero-order valence-electron chi connectivity index (χ0n) is 12.3. The highest BCUT2D eigenvalue weighted by Crippen LogP contribution is 2.35. The number of hydrogen-bond acceptors (Lipinski definition) is 2. The molecule has 0 aromatic carbocycles. The lowest BCUT2D eigenvalue weighted by Gasteiger charge is -2.44. The molecule has 2 N–H and O–H groups in total. The van der Waals surface area contributed by atoms with E-state index in [0.717, 1.165) is 32.1 Å². The Morgan fingerprint density at radius 2 is 2.00 bits per heavy atom. The molecule has 0 radical (unpaired) electrons. The molecular formula is C15H24N2O3. The summed E-state index contributed by atoms with van der Waals surface area (Å²) in [4.78, 5) is 25.0. The number of amides is 2. The third-order valence-electron chi connectivity index (χ3n) is 4.07. The number of hydrogen-bond donors (Lipinski definition) is 2. The van der Waals surface area contributed by atoms with E-state index in [9.17, 15) is 9.59 Å². The van der Waals surface area contributed by atoms with Crippen molar-refractivity contribution in [1.29, 1.82) is 0 Å². The number of carbonyl (C=O) groups is 2. The fraction of sp³-hybridized carbons (Fsp3) is 0.733. The van der Waals surface area contributed by atoms with Crippen molar-refractivity contribution < 1.29 is 14.7 Å². The standard InChI is InChI=1S/C15H24N2O3/c1-4-8-12(2)16-14(20)17(3)15(11-13(18)19)9-6-5-7-10-15/h1,12H,5-11H2,2-3H3,(H,16,20)(H,18,19). The van der Waals surface area contributed by atoms with Gasteiger partial charge in [-0.05, 0) is 19.8 Å². The molecule has 1 unspecified atom stereocenters. The number of nitrogens with zero attached hydrogens (tertiary/aromatic N) is 1. The van der Waals surface area contributed by atoms with Gasteiger partial charge >= 0.3 is 12.0 Å². The van der Waals surface area contributed by atoms with E-state index in [1.807, 2.05) is 6.92 Å². The van der Waals surface area contributed by atoms with Crippen LogP contribution in [0, 0.1) is 12.3 Å². The Morgan fingerprint density at radius 1 is 1.40 bits per heavy atom. The lowest BCUT2D eigenvalue weighted by molar-refractivity contribution is -0.140. The SMILES string of the molecule is C#CCC(C)NC(=O)N(C)C1(CC(=O)O)CCCCC1. The van der Waals surface area contributed by atoms with Gasteiger partial charge in [-0.1, -0.05) is 19.3 Å². The summed E-state index contributed by atoms with van der Waals surface area (Å²) in [7, 11) is 1.69. The number of carboxylic acids is 1. The summed E-state index contributed by atoms with van der Waals surface area (Å²) in [5, 5.41) is 12.0. The first-order valence-electron chi connectivity index (χ1n) is 7.11. The van der Waals surface area contributed by atoms with Crippen LogP contribution in [0.25, 0.3) is 0 Å². The van der Waals surface area contributed by atoms with Crippen LogP contribution in [0.4, 0.5) is 4.79 Å². The highest BCUT2D eigenvalue weighted by molar-refractivity contribution is 5.77. The van der Waals surface area contributed by atoms with Gasteiger partial charge in [0.1, 0.15) is 0 Å². The fourth-order valence-electron chi connectivity index (χ4n) is 2.87. The Kier molecular flexibility index (Phi) is 5.87. The molecule has 1 rings (SSSR count). The highest BCUT2D eigenvalue weighted by Gasteiger charge is 2.40. The minimum Gasteiger partial charge on any atom is -0.481 e. The van der Waals surface area contributed by atoms with Crippen LogP contribution in [-0.2, 0) is 4.79 Å². The second-order valence-electron chi connectivity index (χ2n) is 5.67. The maximum atomic E-state index is 12.3. The van der Waals surface area contributed by atoms with E-state index in [-0.39, 0.29) is 18.5 Å². The third kappa shape index (κ3) is 4.16. The van der Waals surface area contributed by atoms with Crippen LogP contribution >= 0.6 is 0 Å². The monoisotopic (exact) mass is 280 g/mol. The number of nitrogens with one attached hydrogen (secondary N) is 1. The molecule has 0 bridgehead atoms. The molecule has 0 aliphatic heterocycles. The number of aliphatic carboxylic acids is 1. The van der Waals surface area contributed by atoms with Gasteiger partial charge in [0.2, 0.25) is 0 Å². The van der Waals surface area contributed by atoms with Crippen molar-refractivity contribution >= 4 is 12.0 Å². The Balaban J connectivity index is 2.77. The number of carbonyl (C=O) groups excluding carboxylic acids is 1. The van der Waals surface area contributed by atoms with Gasteiger partial charge in [0.15, 0.2) is 0 Å². The molecule has 0 spiro atoms. The van der Waals surface area contributed by atoms with E-state index < -0.39 is 11.5 Å². The van der Waals surface area contributed by atoms with E-state index in [4.69, 9.17) is 11.5 Å². The molecule has 1 aliphatic carbocycles. The maximum Gasteiger partial charge on any atom is 0.317 e. The quantitative estimate of drug-likeness (QED) is 0.759. The summed E-state index contributed by atoms with van der Waals surface area (Å²) in [5.41, 5.74) is -0.565. The van der Waals surface area contributed by atoms with Gasteiger partial charge in [-0.2, -0.15) is 0 Å². The Hall–Kier alpha value is -1.70. The van der Waals surface area contributed by atoms with Gasteiger partial charge in [0.25, 0.3) is 0 Å². The lowest BCUT2D eigenvalue weighted by atomic mass is 9.78. The summed E-state index contributed by atoms with van der Waals surface area (Å²) < 4.78 is 0. The molecule has 112 valence electrons. The minimum atomic E-state index is -0.858. The predicted octanol–water partition coefficient (Wildman–Crippen LogP) is 2.22. The topological polar surface area (TPSA) is 69.6 Å². The first-order valence-corrected chi connectivity index (χ1v) is 7.11. The molecule has 1 aliphatic rings. The van der Waals surface area contributed by atoms with Crippen molar-refractivity contribution in [2.24, 2.45) is 0 Å². The molecule has 0 aromatic heterocycles. The molecule has 0 heterocycles. The van der Waals surface area contributed by atoms with E-state index in [1.165, 1.54) is 0 Å². The second kappa shape index (κ2) is 7.18. The van der Waals surface area contributed by atoms with Crippen LogP contribution in [0.3, 0.4) is 0 Å². The van der Waals surface area contributed by atoms with Crippen LogP contribution in [0.15, 0.2) is 0 Å². The van der Waals surface area contributed by atoms with E-state index in [2.05, 4.69) is 11.2 Å².